The molecule has 0 radical (unpaired) electrons. The summed E-state index contributed by atoms with van der Waals surface area (Å²) in [6.07, 6.45) is 8.62. The van der Waals surface area contributed by atoms with E-state index in [1.807, 2.05) is 0 Å². The average molecular weight is 181 g/mol. The zero-order chi connectivity index (χ0) is 9.31. The van der Waals surface area contributed by atoms with Crippen molar-refractivity contribution in [3.8, 4) is 0 Å². The first-order chi connectivity index (χ1) is 6.26. The van der Waals surface area contributed by atoms with E-state index < -0.39 is 0 Å². The van der Waals surface area contributed by atoms with Crippen molar-refractivity contribution in [2.24, 2.45) is 11.3 Å². The van der Waals surface area contributed by atoms with Gasteiger partial charge in [-0.05, 0) is 43.4 Å². The second-order valence-electron chi connectivity index (χ2n) is 5.25. The SMILES string of the molecule is CCC1(CNC2CCCC2C)CC1. The van der Waals surface area contributed by atoms with Gasteiger partial charge in [-0.1, -0.05) is 20.3 Å². The molecule has 0 aliphatic heterocycles. The highest BCUT2D eigenvalue weighted by molar-refractivity contribution is 4.95. The summed E-state index contributed by atoms with van der Waals surface area (Å²) in [5.41, 5.74) is 0.725. The molecule has 0 heterocycles. The maximum absolute atomic E-state index is 3.79. The first kappa shape index (κ1) is 9.51. The molecular formula is C12H23N. The van der Waals surface area contributed by atoms with Crippen molar-refractivity contribution in [2.75, 3.05) is 6.54 Å². The molecule has 76 valence electrons. The van der Waals surface area contributed by atoms with Gasteiger partial charge in [0, 0.05) is 12.6 Å². The maximum atomic E-state index is 3.79. The fourth-order valence-electron chi connectivity index (χ4n) is 2.63. The van der Waals surface area contributed by atoms with Gasteiger partial charge in [0.25, 0.3) is 0 Å². The lowest BCUT2D eigenvalue weighted by Gasteiger charge is -2.21. The standard InChI is InChI=1S/C12H23N/c1-3-12(7-8-12)9-13-11-6-4-5-10(11)2/h10-11,13H,3-9H2,1-2H3. The van der Waals surface area contributed by atoms with Crippen molar-refractivity contribution in [1.82, 2.24) is 5.32 Å². The summed E-state index contributed by atoms with van der Waals surface area (Å²) in [6, 6.07) is 0.837. The molecule has 0 aromatic carbocycles. The maximum Gasteiger partial charge on any atom is 0.00929 e. The normalized spacial score (nSPS) is 36.5. The molecule has 0 spiro atoms. The van der Waals surface area contributed by atoms with E-state index in [4.69, 9.17) is 0 Å². The topological polar surface area (TPSA) is 12.0 Å². The Hall–Kier alpha value is -0.0400. The Labute approximate surface area is 82.3 Å². The number of hydrogen-bond acceptors (Lipinski definition) is 1. The van der Waals surface area contributed by atoms with Crippen LogP contribution < -0.4 is 5.32 Å². The average Bonchev–Trinajstić information content (AvgIpc) is 2.82. The summed E-state index contributed by atoms with van der Waals surface area (Å²) in [7, 11) is 0. The number of nitrogens with one attached hydrogen (secondary N) is 1. The van der Waals surface area contributed by atoms with E-state index in [1.165, 1.54) is 45.1 Å². The van der Waals surface area contributed by atoms with Crippen LogP contribution in [-0.4, -0.2) is 12.6 Å². The van der Waals surface area contributed by atoms with Gasteiger partial charge in [-0.3, -0.25) is 0 Å². The van der Waals surface area contributed by atoms with E-state index in [0.717, 1.165) is 17.4 Å². The summed E-state index contributed by atoms with van der Waals surface area (Å²) < 4.78 is 0. The van der Waals surface area contributed by atoms with E-state index >= 15 is 0 Å². The molecular weight excluding hydrogens is 158 g/mol. The Bertz CT molecular complexity index is 172. The van der Waals surface area contributed by atoms with Crippen LogP contribution in [0.4, 0.5) is 0 Å². The van der Waals surface area contributed by atoms with E-state index in [2.05, 4.69) is 19.2 Å². The van der Waals surface area contributed by atoms with Crippen LogP contribution in [-0.2, 0) is 0 Å². The monoisotopic (exact) mass is 181 g/mol. The Morgan fingerprint density at radius 3 is 2.54 bits per heavy atom. The summed E-state index contributed by atoms with van der Waals surface area (Å²) in [5.74, 6) is 0.924. The summed E-state index contributed by atoms with van der Waals surface area (Å²) in [4.78, 5) is 0. The molecule has 0 bridgehead atoms. The van der Waals surface area contributed by atoms with Gasteiger partial charge in [0.05, 0.1) is 0 Å². The molecule has 2 rings (SSSR count). The minimum absolute atomic E-state index is 0.725. The zero-order valence-electron chi connectivity index (χ0n) is 9.10. The molecule has 1 N–H and O–H groups in total. The quantitative estimate of drug-likeness (QED) is 0.703. The third kappa shape index (κ3) is 2.07. The lowest BCUT2D eigenvalue weighted by molar-refractivity contribution is 0.362. The molecule has 2 saturated carbocycles. The smallest absolute Gasteiger partial charge is 0.00929 e. The highest BCUT2D eigenvalue weighted by atomic mass is 14.9. The molecule has 0 amide bonds. The Morgan fingerprint density at radius 1 is 1.31 bits per heavy atom. The predicted molar refractivity (Wildman–Crippen MR) is 56.8 cm³/mol. The summed E-state index contributed by atoms with van der Waals surface area (Å²) in [5, 5.41) is 3.79. The third-order valence-corrected chi connectivity index (χ3v) is 4.31. The second-order valence-corrected chi connectivity index (χ2v) is 5.25. The van der Waals surface area contributed by atoms with Crippen LogP contribution in [0.3, 0.4) is 0 Å². The van der Waals surface area contributed by atoms with Gasteiger partial charge in [0.2, 0.25) is 0 Å². The molecule has 1 nitrogen and oxygen atoms in total. The Morgan fingerprint density at radius 2 is 2.08 bits per heavy atom. The zero-order valence-corrected chi connectivity index (χ0v) is 9.10. The van der Waals surface area contributed by atoms with Crippen molar-refractivity contribution in [3.05, 3.63) is 0 Å². The van der Waals surface area contributed by atoms with Gasteiger partial charge in [0.1, 0.15) is 0 Å². The highest BCUT2D eigenvalue weighted by Crippen LogP contribution is 2.48. The minimum Gasteiger partial charge on any atom is -0.313 e. The van der Waals surface area contributed by atoms with Gasteiger partial charge in [-0.15, -0.1) is 0 Å². The molecule has 2 unspecified atom stereocenters. The van der Waals surface area contributed by atoms with Crippen LogP contribution in [0.2, 0.25) is 0 Å². The molecule has 2 aliphatic rings. The highest BCUT2D eigenvalue weighted by Gasteiger charge is 2.41. The first-order valence-electron chi connectivity index (χ1n) is 5.99. The van der Waals surface area contributed by atoms with E-state index in [1.54, 1.807) is 0 Å². The van der Waals surface area contributed by atoms with Gasteiger partial charge in [-0.25, -0.2) is 0 Å². The minimum atomic E-state index is 0.725. The fourth-order valence-corrected chi connectivity index (χ4v) is 2.63. The Balaban J connectivity index is 1.73. The fraction of sp³-hybridized carbons (Fsp3) is 1.00. The van der Waals surface area contributed by atoms with Gasteiger partial charge >= 0.3 is 0 Å². The number of hydrogen-bond donors (Lipinski definition) is 1. The van der Waals surface area contributed by atoms with Crippen molar-refractivity contribution < 1.29 is 0 Å². The van der Waals surface area contributed by atoms with Gasteiger partial charge < -0.3 is 5.32 Å². The molecule has 2 aliphatic carbocycles. The number of rotatable bonds is 4. The first-order valence-corrected chi connectivity index (χ1v) is 5.99. The molecule has 0 saturated heterocycles. The summed E-state index contributed by atoms with van der Waals surface area (Å²) in [6.45, 7) is 6.03. The van der Waals surface area contributed by atoms with Crippen molar-refractivity contribution in [2.45, 2.75) is 58.4 Å². The van der Waals surface area contributed by atoms with Crippen LogP contribution >= 0.6 is 0 Å². The van der Waals surface area contributed by atoms with Crippen LogP contribution in [0.5, 0.6) is 0 Å². The van der Waals surface area contributed by atoms with E-state index in [0.29, 0.717) is 0 Å². The Kier molecular flexibility index (Phi) is 2.64. The van der Waals surface area contributed by atoms with Crippen LogP contribution in [0.1, 0.15) is 52.4 Å². The van der Waals surface area contributed by atoms with Crippen LogP contribution in [0.25, 0.3) is 0 Å². The molecule has 2 fully saturated rings. The van der Waals surface area contributed by atoms with Crippen molar-refractivity contribution in [1.29, 1.82) is 0 Å². The molecule has 1 heteroatoms. The lowest BCUT2D eigenvalue weighted by atomic mass is 10.0. The van der Waals surface area contributed by atoms with Crippen molar-refractivity contribution >= 4 is 0 Å². The molecule has 0 aromatic heterocycles. The molecule has 13 heavy (non-hydrogen) atoms. The van der Waals surface area contributed by atoms with Crippen LogP contribution in [0, 0.1) is 11.3 Å². The summed E-state index contributed by atoms with van der Waals surface area (Å²) >= 11 is 0. The van der Waals surface area contributed by atoms with Crippen molar-refractivity contribution in [3.63, 3.8) is 0 Å². The molecule has 2 atom stereocenters. The lowest BCUT2D eigenvalue weighted by Crippen LogP contribution is -2.35. The van der Waals surface area contributed by atoms with Gasteiger partial charge in [-0.2, -0.15) is 0 Å². The van der Waals surface area contributed by atoms with Gasteiger partial charge in [0.15, 0.2) is 0 Å². The second kappa shape index (κ2) is 3.61. The third-order valence-electron chi connectivity index (χ3n) is 4.31. The van der Waals surface area contributed by atoms with E-state index in [-0.39, 0.29) is 0 Å². The van der Waals surface area contributed by atoms with E-state index in [9.17, 15) is 0 Å². The van der Waals surface area contributed by atoms with Crippen LogP contribution in [0.15, 0.2) is 0 Å². The predicted octanol–water partition coefficient (Wildman–Crippen LogP) is 2.95. The largest absolute Gasteiger partial charge is 0.313 e. The molecule has 0 aromatic rings.